The zero-order chi connectivity index (χ0) is 36.1. The van der Waals surface area contributed by atoms with Crippen LogP contribution in [0.25, 0.3) is 10.8 Å². The molecule has 0 spiro atoms. The van der Waals surface area contributed by atoms with Crippen LogP contribution in [0.4, 0.5) is 51.2 Å². The molecule has 0 saturated carbocycles. The number of rotatable bonds is 5. The summed E-state index contributed by atoms with van der Waals surface area (Å²) in [6, 6.07) is 60.9. The van der Waals surface area contributed by atoms with Gasteiger partial charge in [0.15, 0.2) is 0 Å². The van der Waals surface area contributed by atoms with Gasteiger partial charge in [-0.15, -0.1) is 0 Å². The number of nitrogens with zero attached hydrogens (tertiary/aromatic N) is 3. The summed E-state index contributed by atoms with van der Waals surface area (Å²) in [5, 5.41) is 2.45. The second-order valence-corrected chi connectivity index (χ2v) is 15.1. The zero-order valence-corrected chi connectivity index (χ0v) is 30.7. The minimum Gasteiger partial charge on any atom is -0.311 e. The van der Waals surface area contributed by atoms with Gasteiger partial charge in [0.05, 0.1) is 5.69 Å². The summed E-state index contributed by atoms with van der Waals surface area (Å²) in [5.74, 6) is 0. The smallest absolute Gasteiger partial charge is 0.252 e. The topological polar surface area (TPSA) is 9.72 Å². The molecule has 0 amide bonds. The normalized spacial score (nSPS) is 13.3. The van der Waals surface area contributed by atoms with E-state index in [0.717, 1.165) is 29.2 Å². The van der Waals surface area contributed by atoms with Crippen molar-refractivity contribution >= 4 is 85.1 Å². The first-order valence-electron chi connectivity index (χ1n) is 19.0. The number of fused-ring (bicyclic) bond motifs is 3. The predicted octanol–water partition coefficient (Wildman–Crippen LogP) is 11.2. The van der Waals surface area contributed by atoms with Gasteiger partial charge in [-0.3, -0.25) is 0 Å². The third kappa shape index (κ3) is 4.50. The van der Waals surface area contributed by atoms with Crippen molar-refractivity contribution in [2.45, 2.75) is 27.2 Å². The van der Waals surface area contributed by atoms with E-state index in [4.69, 9.17) is 0 Å². The number of hydrogen-bond acceptors (Lipinski definition) is 3. The Kier molecular flexibility index (Phi) is 6.75. The van der Waals surface area contributed by atoms with Crippen molar-refractivity contribution in [2.24, 2.45) is 0 Å². The first-order valence-corrected chi connectivity index (χ1v) is 19.0. The van der Waals surface area contributed by atoms with Gasteiger partial charge in [0.2, 0.25) is 0 Å². The number of aryl methyl sites for hydroxylation is 3. The molecule has 0 N–H and O–H groups in total. The molecule has 2 aliphatic carbocycles. The Bertz CT molecular complexity index is 2780. The summed E-state index contributed by atoms with van der Waals surface area (Å²) in [5.41, 5.74) is 21.9. The summed E-state index contributed by atoms with van der Waals surface area (Å²) >= 11 is 0. The van der Waals surface area contributed by atoms with Crippen LogP contribution in [0, 0.1) is 20.8 Å². The summed E-state index contributed by atoms with van der Waals surface area (Å²) in [6.45, 7) is 6.76. The van der Waals surface area contributed by atoms with E-state index in [0.29, 0.717) is 0 Å². The van der Waals surface area contributed by atoms with Crippen molar-refractivity contribution in [1.29, 1.82) is 0 Å². The number of benzene rings is 8. The average Bonchev–Trinajstić information content (AvgIpc) is 3.22. The lowest BCUT2D eigenvalue weighted by Crippen LogP contribution is -2.63. The minimum atomic E-state index is 0.101. The third-order valence-corrected chi connectivity index (χ3v) is 12.0. The Hall–Kier alpha value is -6.52. The molecular formula is C50H38BN3. The van der Waals surface area contributed by atoms with Crippen LogP contribution in [0.5, 0.6) is 0 Å². The molecule has 4 aliphatic rings. The highest BCUT2D eigenvalue weighted by Crippen LogP contribution is 2.48. The maximum atomic E-state index is 2.53. The Balaban J connectivity index is 1.20. The molecule has 0 radical (unpaired) electrons. The molecule has 2 aliphatic heterocycles. The molecule has 4 heteroatoms. The minimum absolute atomic E-state index is 0.101. The highest BCUT2D eigenvalue weighted by Gasteiger charge is 2.46. The van der Waals surface area contributed by atoms with Crippen molar-refractivity contribution in [2.75, 3.05) is 14.7 Å². The Morgan fingerprint density at radius 2 is 1.13 bits per heavy atom. The third-order valence-electron chi connectivity index (χ3n) is 12.0. The molecule has 2 bridgehead atoms. The maximum Gasteiger partial charge on any atom is 0.252 e. The second kappa shape index (κ2) is 11.7. The molecule has 0 atom stereocenters. The lowest BCUT2D eigenvalue weighted by Gasteiger charge is -2.47. The summed E-state index contributed by atoms with van der Waals surface area (Å²) in [7, 11) is 0. The number of hydrogen-bond donors (Lipinski definition) is 0. The first kappa shape index (κ1) is 31.1. The van der Waals surface area contributed by atoms with E-state index in [1.807, 2.05) is 0 Å². The Morgan fingerprint density at radius 1 is 0.500 bits per heavy atom. The van der Waals surface area contributed by atoms with E-state index < -0.39 is 0 Å². The average molecular weight is 692 g/mol. The van der Waals surface area contributed by atoms with Crippen molar-refractivity contribution in [3.63, 3.8) is 0 Å². The largest absolute Gasteiger partial charge is 0.311 e. The number of para-hydroxylation sites is 1. The van der Waals surface area contributed by atoms with Crippen LogP contribution in [-0.2, 0) is 6.42 Å². The van der Waals surface area contributed by atoms with Crippen LogP contribution >= 0.6 is 0 Å². The highest BCUT2D eigenvalue weighted by atomic mass is 15.2. The van der Waals surface area contributed by atoms with Gasteiger partial charge in [-0.25, -0.2) is 0 Å². The van der Waals surface area contributed by atoms with Crippen molar-refractivity contribution < 1.29 is 0 Å². The molecule has 0 aromatic heterocycles. The van der Waals surface area contributed by atoms with Gasteiger partial charge >= 0.3 is 0 Å². The van der Waals surface area contributed by atoms with Crippen molar-refractivity contribution in [3.05, 3.63) is 192 Å². The van der Waals surface area contributed by atoms with E-state index in [-0.39, 0.29) is 6.71 Å². The van der Waals surface area contributed by atoms with E-state index in [1.54, 1.807) is 0 Å². The van der Waals surface area contributed by atoms with E-state index >= 15 is 0 Å². The fourth-order valence-electron chi connectivity index (χ4n) is 9.31. The summed E-state index contributed by atoms with van der Waals surface area (Å²) in [4.78, 5) is 7.48. The van der Waals surface area contributed by atoms with E-state index in [2.05, 4.69) is 199 Å². The van der Waals surface area contributed by atoms with Crippen LogP contribution in [0.3, 0.4) is 0 Å². The van der Waals surface area contributed by atoms with Gasteiger partial charge < -0.3 is 14.7 Å². The lowest BCUT2D eigenvalue weighted by molar-refractivity contribution is 1.03. The van der Waals surface area contributed by atoms with Gasteiger partial charge in [0.1, 0.15) is 0 Å². The highest BCUT2D eigenvalue weighted by molar-refractivity contribution is 7.00. The second-order valence-electron chi connectivity index (χ2n) is 15.1. The van der Waals surface area contributed by atoms with Crippen LogP contribution in [0.1, 0.15) is 27.8 Å². The molecule has 2 heterocycles. The standard InChI is InChI=1S/C50H38BN3/c1-32-19-23-38(24-20-32)53-45-17-10-18-46-50(45)51(49-42-29-36(34(42)3)30-48(49)54(46)39-25-21-33(2)22-26-39)43-28-27-40(31-47(43)53)52(37-13-5-4-6-14-37)44-16-9-12-35-11-7-8-15-41(35)44/h4-28,30-31H,29H2,1-3H3. The summed E-state index contributed by atoms with van der Waals surface area (Å²) in [6.07, 6.45) is 1.04. The van der Waals surface area contributed by atoms with Gasteiger partial charge in [0, 0.05) is 50.9 Å². The van der Waals surface area contributed by atoms with Crippen LogP contribution in [0.15, 0.2) is 164 Å². The van der Waals surface area contributed by atoms with Crippen LogP contribution in [0.2, 0.25) is 0 Å². The molecule has 54 heavy (non-hydrogen) atoms. The monoisotopic (exact) mass is 691 g/mol. The van der Waals surface area contributed by atoms with E-state index in [9.17, 15) is 0 Å². The molecular weight excluding hydrogens is 653 g/mol. The zero-order valence-electron chi connectivity index (χ0n) is 30.7. The fraction of sp³-hybridized carbons (Fsp3) is 0.0800. The molecule has 0 unspecified atom stereocenters. The van der Waals surface area contributed by atoms with E-state index in [1.165, 1.54) is 83.4 Å². The first-order chi connectivity index (χ1) is 26.5. The van der Waals surface area contributed by atoms with Crippen molar-refractivity contribution in [3.8, 4) is 0 Å². The van der Waals surface area contributed by atoms with Gasteiger partial charge in [-0.2, -0.15) is 0 Å². The molecule has 3 nitrogen and oxygen atoms in total. The molecule has 8 aromatic carbocycles. The van der Waals surface area contributed by atoms with Gasteiger partial charge in [-0.05, 0) is 138 Å². The van der Waals surface area contributed by atoms with Gasteiger partial charge in [0.25, 0.3) is 6.71 Å². The van der Waals surface area contributed by atoms with Crippen LogP contribution < -0.4 is 31.1 Å². The fourth-order valence-corrected chi connectivity index (χ4v) is 9.31. The maximum absolute atomic E-state index is 2.53. The lowest BCUT2D eigenvalue weighted by atomic mass is 9.32. The molecule has 12 rings (SSSR count). The van der Waals surface area contributed by atoms with Crippen LogP contribution in [-0.4, -0.2) is 6.71 Å². The quantitative estimate of drug-likeness (QED) is 0.166. The SMILES string of the molecule is Cc1ccc(N2c3cc(N(c4ccccc4)c4cccc5ccccc45)ccc3B3c4c2cccc4N(c2ccc(C)cc2)c2cc4c(C)c(c23)C4)cc1. The van der Waals surface area contributed by atoms with Gasteiger partial charge in [-0.1, -0.05) is 102 Å². The number of anilines is 9. The Labute approximate surface area is 317 Å². The molecule has 0 fully saturated rings. The molecule has 0 saturated heterocycles. The summed E-state index contributed by atoms with van der Waals surface area (Å²) < 4.78 is 0. The van der Waals surface area contributed by atoms with Crippen molar-refractivity contribution in [1.82, 2.24) is 0 Å². The molecule has 8 aromatic rings. The Morgan fingerprint density at radius 3 is 1.83 bits per heavy atom. The molecule has 256 valence electrons. The predicted molar refractivity (Wildman–Crippen MR) is 230 cm³/mol.